The molecule has 1 amide bonds. The van der Waals surface area contributed by atoms with Crippen LogP contribution in [0.1, 0.15) is 46.4 Å². The molecule has 0 spiro atoms. The quantitative estimate of drug-likeness (QED) is 0.650. The molecule has 0 radical (unpaired) electrons. The summed E-state index contributed by atoms with van der Waals surface area (Å²) in [4.78, 5) is 24.6. The molecule has 9 nitrogen and oxygen atoms in total. The van der Waals surface area contributed by atoms with Crippen LogP contribution in [0.4, 0.5) is 5.69 Å². The standard InChI is InChI=1S/C22H23ClN2O7S/c23-16-6-5-14(11-20(16)33(29,30)25-7-2-1-3-8-25)21(26)24-17-13-19-18(12-15(17)22(27)28)31-9-4-10-32-19/h5-6,11-13H,1-4,7-10H2,(H,24,26)(H,27,28). The highest BCUT2D eigenvalue weighted by molar-refractivity contribution is 7.89. The number of carboxylic acids is 1. The van der Waals surface area contributed by atoms with Gasteiger partial charge in [0.15, 0.2) is 11.5 Å². The molecule has 2 heterocycles. The van der Waals surface area contributed by atoms with Gasteiger partial charge in [0.2, 0.25) is 10.0 Å². The number of fused-ring (bicyclic) bond motifs is 1. The average Bonchev–Trinajstić information content (AvgIpc) is 3.04. The van der Waals surface area contributed by atoms with Gasteiger partial charge in [0.1, 0.15) is 4.90 Å². The fraction of sp³-hybridized carbons (Fsp3) is 0.364. The molecule has 0 aliphatic carbocycles. The van der Waals surface area contributed by atoms with Gasteiger partial charge in [0.25, 0.3) is 5.91 Å². The summed E-state index contributed by atoms with van der Waals surface area (Å²) in [5.41, 5.74) is -0.145. The lowest BCUT2D eigenvalue weighted by atomic mass is 10.1. The molecule has 33 heavy (non-hydrogen) atoms. The predicted molar refractivity (Wildman–Crippen MR) is 121 cm³/mol. The second kappa shape index (κ2) is 9.58. The van der Waals surface area contributed by atoms with E-state index in [0.29, 0.717) is 38.5 Å². The Hall–Kier alpha value is -2.82. The Bertz CT molecular complexity index is 1190. The SMILES string of the molecule is O=C(Nc1cc2c(cc1C(=O)O)OCCCO2)c1ccc(Cl)c(S(=O)(=O)N2CCCCC2)c1. The van der Waals surface area contributed by atoms with E-state index in [1.807, 2.05) is 0 Å². The van der Waals surface area contributed by atoms with Gasteiger partial charge in [0, 0.05) is 37.2 Å². The molecule has 2 N–H and O–H groups in total. The lowest BCUT2D eigenvalue weighted by Crippen LogP contribution is -2.35. The third-order valence-corrected chi connectivity index (χ3v) is 7.87. The van der Waals surface area contributed by atoms with Crippen molar-refractivity contribution < 1.29 is 32.6 Å². The predicted octanol–water partition coefficient (Wildman–Crippen LogP) is 3.63. The van der Waals surface area contributed by atoms with Crippen LogP contribution >= 0.6 is 11.6 Å². The van der Waals surface area contributed by atoms with Crippen molar-refractivity contribution in [2.45, 2.75) is 30.6 Å². The number of carbonyl (C=O) groups is 2. The molecular weight excluding hydrogens is 472 g/mol. The first-order valence-electron chi connectivity index (χ1n) is 10.6. The van der Waals surface area contributed by atoms with Gasteiger partial charge in [-0.2, -0.15) is 4.31 Å². The molecule has 0 saturated carbocycles. The van der Waals surface area contributed by atoms with E-state index in [1.54, 1.807) is 0 Å². The number of hydrogen-bond acceptors (Lipinski definition) is 6. The average molecular weight is 495 g/mol. The van der Waals surface area contributed by atoms with Crippen molar-refractivity contribution in [2.24, 2.45) is 0 Å². The normalized spacial score (nSPS) is 16.6. The van der Waals surface area contributed by atoms with E-state index in [9.17, 15) is 23.1 Å². The minimum absolute atomic E-state index is 0.00661. The molecule has 2 aromatic carbocycles. The molecule has 0 unspecified atom stereocenters. The van der Waals surface area contributed by atoms with Crippen molar-refractivity contribution in [3.63, 3.8) is 0 Å². The number of sulfonamides is 1. The molecule has 1 fully saturated rings. The molecule has 0 aromatic heterocycles. The fourth-order valence-electron chi connectivity index (χ4n) is 3.77. The first kappa shape index (κ1) is 23.3. The first-order valence-corrected chi connectivity index (χ1v) is 12.4. The molecule has 2 aliphatic rings. The van der Waals surface area contributed by atoms with Gasteiger partial charge in [-0.05, 0) is 31.0 Å². The van der Waals surface area contributed by atoms with Gasteiger partial charge in [-0.15, -0.1) is 0 Å². The maximum Gasteiger partial charge on any atom is 0.337 e. The number of carboxylic acid groups (broad SMARTS) is 1. The second-order valence-electron chi connectivity index (χ2n) is 7.76. The van der Waals surface area contributed by atoms with E-state index in [-0.39, 0.29) is 32.5 Å². The number of carbonyl (C=O) groups excluding carboxylic acids is 1. The number of piperidine rings is 1. The van der Waals surface area contributed by atoms with Gasteiger partial charge in [0.05, 0.1) is 29.5 Å². The van der Waals surface area contributed by atoms with Crippen molar-refractivity contribution in [1.82, 2.24) is 4.31 Å². The minimum Gasteiger partial charge on any atom is -0.490 e. The number of halogens is 1. The summed E-state index contributed by atoms with van der Waals surface area (Å²) >= 11 is 6.18. The molecule has 4 rings (SSSR count). The van der Waals surface area contributed by atoms with Crippen LogP contribution in [0.15, 0.2) is 35.2 Å². The van der Waals surface area contributed by atoms with Crippen LogP contribution < -0.4 is 14.8 Å². The highest BCUT2D eigenvalue weighted by Crippen LogP contribution is 2.36. The molecule has 176 valence electrons. The van der Waals surface area contributed by atoms with Crippen molar-refractivity contribution >= 4 is 39.2 Å². The van der Waals surface area contributed by atoms with Crippen LogP contribution in [0.25, 0.3) is 0 Å². The van der Waals surface area contributed by atoms with Gasteiger partial charge in [-0.25, -0.2) is 13.2 Å². The molecule has 11 heteroatoms. The number of nitrogens with one attached hydrogen (secondary N) is 1. The largest absolute Gasteiger partial charge is 0.490 e. The Kier molecular flexibility index (Phi) is 6.78. The van der Waals surface area contributed by atoms with E-state index >= 15 is 0 Å². The Balaban J connectivity index is 1.65. The minimum atomic E-state index is -3.87. The van der Waals surface area contributed by atoms with Crippen LogP contribution in [0, 0.1) is 0 Å². The lowest BCUT2D eigenvalue weighted by molar-refractivity contribution is 0.0697. The monoisotopic (exact) mass is 494 g/mol. The summed E-state index contributed by atoms with van der Waals surface area (Å²) in [5, 5.41) is 12.2. The molecule has 1 saturated heterocycles. The number of aromatic carboxylic acids is 1. The summed E-state index contributed by atoms with van der Waals surface area (Å²) < 4.78 is 38.6. The zero-order valence-corrected chi connectivity index (χ0v) is 19.2. The third kappa shape index (κ3) is 4.92. The highest BCUT2D eigenvalue weighted by Gasteiger charge is 2.29. The van der Waals surface area contributed by atoms with Crippen molar-refractivity contribution in [3.8, 4) is 11.5 Å². The fourth-order valence-corrected chi connectivity index (χ4v) is 5.79. The van der Waals surface area contributed by atoms with Crippen molar-refractivity contribution in [2.75, 3.05) is 31.6 Å². The number of amides is 1. The molecule has 2 aromatic rings. The second-order valence-corrected chi connectivity index (χ2v) is 10.1. The maximum atomic E-state index is 13.1. The summed E-state index contributed by atoms with van der Waals surface area (Å²) in [6.45, 7) is 1.57. The van der Waals surface area contributed by atoms with Crippen LogP contribution in [-0.4, -0.2) is 56.0 Å². The number of nitrogens with zero attached hydrogens (tertiary/aromatic N) is 1. The van der Waals surface area contributed by atoms with Crippen molar-refractivity contribution in [3.05, 3.63) is 46.5 Å². The van der Waals surface area contributed by atoms with E-state index in [1.165, 1.54) is 34.6 Å². The Morgan fingerprint density at radius 1 is 0.970 bits per heavy atom. The van der Waals surface area contributed by atoms with E-state index < -0.39 is 21.9 Å². The van der Waals surface area contributed by atoms with Crippen LogP contribution in [0.3, 0.4) is 0 Å². The van der Waals surface area contributed by atoms with Gasteiger partial charge in [-0.3, -0.25) is 4.79 Å². The topological polar surface area (TPSA) is 122 Å². The highest BCUT2D eigenvalue weighted by atomic mass is 35.5. The smallest absolute Gasteiger partial charge is 0.337 e. The number of ether oxygens (including phenoxy) is 2. The van der Waals surface area contributed by atoms with Gasteiger partial charge < -0.3 is 19.9 Å². The summed E-state index contributed by atoms with van der Waals surface area (Å²) in [6.07, 6.45) is 3.12. The maximum absolute atomic E-state index is 13.1. The van der Waals surface area contributed by atoms with Crippen molar-refractivity contribution in [1.29, 1.82) is 0 Å². The summed E-state index contributed by atoms with van der Waals surface area (Å²) in [6, 6.07) is 6.64. The Labute approximate surface area is 196 Å². The molecular formula is C22H23ClN2O7S. The van der Waals surface area contributed by atoms with E-state index in [4.69, 9.17) is 21.1 Å². The number of hydrogen-bond donors (Lipinski definition) is 2. The molecule has 0 atom stereocenters. The lowest BCUT2D eigenvalue weighted by Gasteiger charge is -2.26. The Morgan fingerprint density at radius 2 is 1.64 bits per heavy atom. The number of rotatable bonds is 5. The van der Waals surface area contributed by atoms with Gasteiger partial charge >= 0.3 is 5.97 Å². The Morgan fingerprint density at radius 3 is 2.30 bits per heavy atom. The zero-order chi connectivity index (χ0) is 23.6. The first-order chi connectivity index (χ1) is 15.8. The van der Waals surface area contributed by atoms with Gasteiger partial charge in [-0.1, -0.05) is 18.0 Å². The number of anilines is 1. The molecule has 2 aliphatic heterocycles. The summed E-state index contributed by atoms with van der Waals surface area (Å²) in [5.74, 6) is -1.34. The van der Waals surface area contributed by atoms with Crippen LogP contribution in [-0.2, 0) is 10.0 Å². The zero-order valence-electron chi connectivity index (χ0n) is 17.7. The van der Waals surface area contributed by atoms with Crippen LogP contribution in [0.2, 0.25) is 5.02 Å². The summed E-state index contributed by atoms with van der Waals surface area (Å²) in [7, 11) is -3.87. The van der Waals surface area contributed by atoms with Crippen LogP contribution in [0.5, 0.6) is 11.5 Å². The third-order valence-electron chi connectivity index (χ3n) is 5.49. The van der Waals surface area contributed by atoms with E-state index in [0.717, 1.165) is 19.3 Å². The van der Waals surface area contributed by atoms with E-state index in [2.05, 4.69) is 5.32 Å². The molecule has 0 bridgehead atoms. The number of benzene rings is 2.